The molecule has 0 N–H and O–H groups in total. The van der Waals surface area contributed by atoms with Crippen molar-refractivity contribution in [3.8, 4) is 26.9 Å². The van der Waals surface area contributed by atoms with Gasteiger partial charge >= 0.3 is 139 Å². The number of methoxy groups -OCH3 is 2. The summed E-state index contributed by atoms with van der Waals surface area (Å²) in [5.41, 5.74) is 2.96. The van der Waals surface area contributed by atoms with Gasteiger partial charge in [0.25, 0.3) is 0 Å². The molecular weight excluding hydrogens is 359 g/mol. The van der Waals surface area contributed by atoms with E-state index in [4.69, 9.17) is 9.47 Å². The molecule has 1 aromatic rings. The number of hydrogen-bond donors (Lipinski definition) is 0. The number of benzene rings is 2. The molecule has 116 valence electrons. The molecule has 3 rings (SSSR count). The van der Waals surface area contributed by atoms with Gasteiger partial charge in [0.15, 0.2) is 0 Å². The summed E-state index contributed by atoms with van der Waals surface area (Å²) in [6.45, 7) is 0. The van der Waals surface area contributed by atoms with E-state index in [1.165, 1.54) is 19.2 Å². The fourth-order valence-electron chi connectivity index (χ4n) is 2.42. The van der Waals surface area contributed by atoms with Crippen LogP contribution in [0.5, 0.6) is 5.75 Å². The Kier molecular flexibility index (Phi) is 4.33. The minimum atomic E-state index is -0.410. The first kappa shape index (κ1) is 15.5. The Hall–Kier alpha value is -2.36. The summed E-state index contributed by atoms with van der Waals surface area (Å²) < 4.78 is 11.1. The quantitative estimate of drug-likeness (QED) is 0.523. The predicted molar refractivity (Wildman–Crippen MR) is 89.6 cm³/mol. The van der Waals surface area contributed by atoms with Gasteiger partial charge in [0, 0.05) is 0 Å². The van der Waals surface area contributed by atoms with E-state index in [0.717, 1.165) is 21.3 Å². The second kappa shape index (κ2) is 6.40. The van der Waals surface area contributed by atoms with Crippen molar-refractivity contribution in [3.63, 3.8) is 0 Å². The summed E-state index contributed by atoms with van der Waals surface area (Å²) in [6, 6.07) is 12.6. The first-order valence-electron chi connectivity index (χ1n) is 6.92. The van der Waals surface area contributed by atoms with Crippen LogP contribution in [0.4, 0.5) is 0 Å². The van der Waals surface area contributed by atoms with Crippen molar-refractivity contribution in [2.75, 3.05) is 14.2 Å². The van der Waals surface area contributed by atoms with Gasteiger partial charge in [-0.2, -0.15) is 0 Å². The SMILES string of the molecule is COC(=O)c1c[se]c(-c2ccc(OC)cc2)c2ccc(=O)cc1-2. The second-order valence-corrected chi connectivity index (χ2v) is 6.75. The van der Waals surface area contributed by atoms with Gasteiger partial charge in [-0.15, -0.1) is 0 Å². The van der Waals surface area contributed by atoms with Gasteiger partial charge in [-0.25, -0.2) is 0 Å². The fraction of sp³-hybridized carbons (Fsp3) is 0.111. The summed E-state index contributed by atoms with van der Waals surface area (Å²) in [6.07, 6.45) is 0. The molecular formula is C18H14O4Se. The van der Waals surface area contributed by atoms with E-state index in [1.807, 2.05) is 29.2 Å². The normalized spacial score (nSPS) is 10.5. The van der Waals surface area contributed by atoms with Crippen molar-refractivity contribution in [2.45, 2.75) is 0 Å². The Balaban J connectivity index is 2.22. The van der Waals surface area contributed by atoms with E-state index < -0.39 is 5.97 Å². The maximum absolute atomic E-state index is 12.0. The molecule has 5 heteroatoms. The van der Waals surface area contributed by atoms with Crippen molar-refractivity contribution in [1.29, 1.82) is 0 Å². The summed E-state index contributed by atoms with van der Waals surface area (Å²) in [5, 5.41) is 0. The average Bonchev–Trinajstić information content (AvgIpc) is 2.60. The van der Waals surface area contributed by atoms with Crippen LogP contribution in [0.3, 0.4) is 0 Å². The summed E-state index contributed by atoms with van der Waals surface area (Å²) in [4.78, 5) is 25.6. The van der Waals surface area contributed by atoms with Crippen LogP contribution < -0.4 is 10.2 Å². The van der Waals surface area contributed by atoms with Crippen LogP contribution in [0.2, 0.25) is 0 Å². The molecule has 0 radical (unpaired) electrons. The van der Waals surface area contributed by atoms with Gasteiger partial charge < -0.3 is 0 Å². The van der Waals surface area contributed by atoms with Gasteiger partial charge in [-0.05, 0) is 0 Å². The number of fused-ring (bicyclic) bond motifs is 1. The molecule has 0 aromatic heterocycles. The van der Waals surface area contributed by atoms with E-state index in [9.17, 15) is 9.59 Å². The number of carbonyl (C=O) groups is 1. The molecule has 0 saturated carbocycles. The summed E-state index contributed by atoms with van der Waals surface area (Å²) >= 11 is -0.0322. The molecule has 0 saturated heterocycles. The van der Waals surface area contributed by atoms with E-state index >= 15 is 0 Å². The molecule has 2 aliphatic rings. The number of rotatable bonds is 3. The Morgan fingerprint density at radius 2 is 1.74 bits per heavy atom. The number of carbonyl (C=O) groups excluding carboxylic acids is 1. The maximum atomic E-state index is 12.0. The zero-order valence-electron chi connectivity index (χ0n) is 12.7. The third-order valence-corrected chi connectivity index (χ3v) is 5.77. The molecule has 1 heterocycles. The van der Waals surface area contributed by atoms with Crippen molar-refractivity contribution < 1.29 is 14.3 Å². The third-order valence-electron chi connectivity index (χ3n) is 3.58. The van der Waals surface area contributed by atoms with Gasteiger partial charge in [-0.1, -0.05) is 0 Å². The van der Waals surface area contributed by atoms with Crippen LogP contribution in [0.15, 0.2) is 52.2 Å². The fourth-order valence-corrected chi connectivity index (χ4v) is 4.60. The van der Waals surface area contributed by atoms with Crippen molar-refractivity contribution in [1.82, 2.24) is 0 Å². The topological polar surface area (TPSA) is 52.6 Å². The minimum absolute atomic E-state index is 0.0322. The van der Waals surface area contributed by atoms with E-state index in [0.29, 0.717) is 11.1 Å². The van der Waals surface area contributed by atoms with Gasteiger partial charge in [0.05, 0.1) is 0 Å². The molecule has 0 spiro atoms. The first-order chi connectivity index (χ1) is 11.1. The predicted octanol–water partition coefficient (Wildman–Crippen LogP) is 2.67. The molecule has 0 fully saturated rings. The Morgan fingerprint density at radius 1 is 1.00 bits per heavy atom. The van der Waals surface area contributed by atoms with Crippen molar-refractivity contribution >= 4 is 20.5 Å². The van der Waals surface area contributed by atoms with Crippen LogP contribution in [0.25, 0.3) is 21.1 Å². The molecule has 0 atom stereocenters. The zero-order chi connectivity index (χ0) is 16.4. The number of ether oxygens (including phenoxy) is 2. The molecule has 0 amide bonds. The van der Waals surface area contributed by atoms with Crippen molar-refractivity contribution in [2.24, 2.45) is 0 Å². The average molecular weight is 373 g/mol. The summed E-state index contributed by atoms with van der Waals surface area (Å²) in [5.74, 6) is 0.381. The summed E-state index contributed by atoms with van der Waals surface area (Å²) in [7, 11) is 2.97. The Labute approximate surface area is 139 Å². The molecule has 0 bridgehead atoms. The van der Waals surface area contributed by atoms with Crippen LogP contribution in [-0.2, 0) is 4.74 Å². The number of esters is 1. The van der Waals surface area contributed by atoms with Crippen LogP contribution >= 0.6 is 0 Å². The van der Waals surface area contributed by atoms with Gasteiger partial charge in [-0.3, -0.25) is 0 Å². The Morgan fingerprint density at radius 3 is 2.39 bits per heavy atom. The molecule has 1 aliphatic carbocycles. The first-order valence-corrected chi connectivity index (χ1v) is 8.77. The van der Waals surface area contributed by atoms with E-state index in [-0.39, 0.29) is 19.9 Å². The van der Waals surface area contributed by atoms with E-state index in [1.54, 1.807) is 13.2 Å². The van der Waals surface area contributed by atoms with Crippen LogP contribution in [0, 0.1) is 0 Å². The van der Waals surface area contributed by atoms with Crippen molar-refractivity contribution in [3.05, 3.63) is 63.2 Å². The van der Waals surface area contributed by atoms with Crippen LogP contribution in [0.1, 0.15) is 10.4 Å². The third kappa shape index (κ3) is 2.93. The van der Waals surface area contributed by atoms with Gasteiger partial charge in [0.2, 0.25) is 0 Å². The number of hydrogen-bond acceptors (Lipinski definition) is 4. The molecule has 1 aromatic carbocycles. The van der Waals surface area contributed by atoms with Crippen LogP contribution in [-0.4, -0.2) is 34.7 Å². The van der Waals surface area contributed by atoms with E-state index in [2.05, 4.69) is 0 Å². The zero-order valence-corrected chi connectivity index (χ0v) is 14.4. The van der Waals surface area contributed by atoms with Gasteiger partial charge in [0.1, 0.15) is 0 Å². The molecule has 4 nitrogen and oxygen atoms in total. The second-order valence-electron chi connectivity index (χ2n) is 4.91. The molecule has 23 heavy (non-hydrogen) atoms. The Bertz CT molecular complexity index is 880. The molecule has 0 unspecified atom stereocenters. The molecule has 1 aliphatic heterocycles. The monoisotopic (exact) mass is 374 g/mol. The standard InChI is InChI=1S/C18H14O4Se/c1-21-13-6-3-11(4-7-13)17-14-8-5-12(19)9-15(14)16(10-23-17)18(20)22-2/h3-10H,1-2H3.